The van der Waals surface area contributed by atoms with Gasteiger partial charge in [-0.15, -0.1) is 0 Å². The molecule has 158 valence electrons. The number of aromatic nitrogens is 6. The highest BCUT2D eigenvalue weighted by Gasteiger charge is 2.24. The molecule has 0 aromatic carbocycles. The van der Waals surface area contributed by atoms with Gasteiger partial charge in [0.15, 0.2) is 17.6 Å². The van der Waals surface area contributed by atoms with Crippen LogP contribution in [0.3, 0.4) is 0 Å². The average Bonchev–Trinajstić information content (AvgIpc) is 3.24. The molecular formula is C20H18ClN7O3. The number of ether oxygens (including phenoxy) is 1. The number of nitrogens with zero attached hydrogens (tertiary/aromatic N) is 5. The number of aromatic amines is 1. The first kappa shape index (κ1) is 20.6. The molecule has 31 heavy (non-hydrogen) atoms. The summed E-state index contributed by atoms with van der Waals surface area (Å²) in [6.45, 7) is 1.63. The fraction of sp³-hybridized carbons (Fsp3) is 0.200. The van der Waals surface area contributed by atoms with Crippen LogP contribution in [0.2, 0.25) is 5.02 Å². The molecule has 0 unspecified atom stereocenters. The van der Waals surface area contributed by atoms with Crippen molar-refractivity contribution in [2.24, 2.45) is 0 Å². The maximum atomic E-state index is 12.8. The summed E-state index contributed by atoms with van der Waals surface area (Å²) in [5, 5.41) is 19.7. The Morgan fingerprint density at radius 1 is 1.26 bits per heavy atom. The Morgan fingerprint density at radius 2 is 2.13 bits per heavy atom. The van der Waals surface area contributed by atoms with E-state index in [2.05, 4.69) is 35.5 Å². The van der Waals surface area contributed by atoms with Crippen LogP contribution in [0.15, 0.2) is 42.9 Å². The molecule has 4 aromatic heterocycles. The zero-order valence-electron chi connectivity index (χ0n) is 16.4. The summed E-state index contributed by atoms with van der Waals surface area (Å²) in [6, 6.07) is 6.87. The van der Waals surface area contributed by atoms with Crippen LogP contribution in [0.1, 0.15) is 12.0 Å². The molecule has 10 nitrogen and oxygen atoms in total. The molecule has 0 bridgehead atoms. The molecule has 4 aromatic rings. The Kier molecular flexibility index (Phi) is 6.01. The molecule has 1 amide bonds. The third-order valence-electron chi connectivity index (χ3n) is 4.35. The fourth-order valence-corrected chi connectivity index (χ4v) is 3.00. The van der Waals surface area contributed by atoms with E-state index in [1.807, 2.05) is 13.0 Å². The summed E-state index contributed by atoms with van der Waals surface area (Å²) >= 11 is 6.23. The van der Waals surface area contributed by atoms with Crippen molar-refractivity contribution in [1.29, 1.82) is 0 Å². The second-order valence-electron chi connectivity index (χ2n) is 6.65. The molecule has 0 saturated carbocycles. The van der Waals surface area contributed by atoms with Crippen LogP contribution in [-0.2, 0) is 4.79 Å². The number of aliphatic hydroxyl groups is 1. The van der Waals surface area contributed by atoms with Crippen molar-refractivity contribution < 1.29 is 14.6 Å². The van der Waals surface area contributed by atoms with Gasteiger partial charge in [-0.3, -0.25) is 14.9 Å². The lowest BCUT2D eigenvalue weighted by Gasteiger charge is -2.18. The number of carbonyl (C=O) groups excluding carboxylic acids is 1. The Morgan fingerprint density at radius 3 is 2.87 bits per heavy atom. The summed E-state index contributed by atoms with van der Waals surface area (Å²) in [6.07, 6.45) is 3.71. The molecule has 3 N–H and O–H groups in total. The first-order valence-corrected chi connectivity index (χ1v) is 9.76. The summed E-state index contributed by atoms with van der Waals surface area (Å²) in [5.74, 6) is 0.221. The minimum absolute atomic E-state index is 0.0424. The lowest BCUT2D eigenvalue weighted by atomic mass is 10.2. The second-order valence-corrected chi connectivity index (χ2v) is 7.05. The fourth-order valence-electron chi connectivity index (χ4n) is 2.80. The number of carbonyl (C=O) groups is 1. The van der Waals surface area contributed by atoms with Gasteiger partial charge in [-0.1, -0.05) is 17.7 Å². The van der Waals surface area contributed by atoms with Gasteiger partial charge in [-0.05, 0) is 30.7 Å². The van der Waals surface area contributed by atoms with E-state index in [0.29, 0.717) is 27.6 Å². The SMILES string of the molecule is Cc1ccc(NC(=O)[C@H](CCO)Oc2nc(-c3ncccc3Cl)nc3[nH]ncc23)nc1. The van der Waals surface area contributed by atoms with Gasteiger partial charge in [-0.25, -0.2) is 9.97 Å². The van der Waals surface area contributed by atoms with Crippen molar-refractivity contribution in [2.75, 3.05) is 11.9 Å². The highest BCUT2D eigenvalue weighted by Crippen LogP contribution is 2.28. The number of rotatable bonds is 7. The van der Waals surface area contributed by atoms with Crippen LogP contribution in [0.4, 0.5) is 5.82 Å². The third-order valence-corrected chi connectivity index (χ3v) is 4.65. The number of hydrogen-bond acceptors (Lipinski definition) is 8. The zero-order valence-corrected chi connectivity index (χ0v) is 17.2. The van der Waals surface area contributed by atoms with Gasteiger partial charge >= 0.3 is 0 Å². The quantitative estimate of drug-likeness (QED) is 0.399. The lowest BCUT2D eigenvalue weighted by Crippen LogP contribution is -2.34. The molecule has 0 aliphatic rings. The molecule has 0 radical (unpaired) electrons. The van der Waals surface area contributed by atoms with Gasteiger partial charge in [-0.2, -0.15) is 10.1 Å². The Hall–Kier alpha value is -3.63. The first-order valence-electron chi connectivity index (χ1n) is 9.38. The van der Waals surface area contributed by atoms with Crippen molar-refractivity contribution in [3.05, 3.63) is 53.4 Å². The predicted octanol–water partition coefficient (Wildman–Crippen LogP) is 2.54. The molecular weight excluding hydrogens is 422 g/mol. The van der Waals surface area contributed by atoms with E-state index >= 15 is 0 Å². The number of hydrogen-bond donors (Lipinski definition) is 3. The van der Waals surface area contributed by atoms with Crippen LogP contribution in [-0.4, -0.2) is 53.9 Å². The number of halogens is 1. The molecule has 4 rings (SSSR count). The van der Waals surface area contributed by atoms with Crippen molar-refractivity contribution in [2.45, 2.75) is 19.4 Å². The largest absolute Gasteiger partial charge is 0.464 e. The highest BCUT2D eigenvalue weighted by atomic mass is 35.5. The maximum Gasteiger partial charge on any atom is 0.266 e. The van der Waals surface area contributed by atoms with E-state index in [1.165, 1.54) is 6.20 Å². The Bertz CT molecular complexity index is 1210. The molecule has 4 heterocycles. The van der Waals surface area contributed by atoms with E-state index in [9.17, 15) is 9.90 Å². The summed E-state index contributed by atoms with van der Waals surface area (Å²) in [5.41, 5.74) is 1.72. The number of fused-ring (bicyclic) bond motifs is 1. The number of aryl methyl sites for hydroxylation is 1. The van der Waals surface area contributed by atoms with E-state index in [4.69, 9.17) is 16.3 Å². The normalized spacial score (nSPS) is 12.0. The highest BCUT2D eigenvalue weighted by molar-refractivity contribution is 6.32. The summed E-state index contributed by atoms with van der Waals surface area (Å²) < 4.78 is 5.90. The van der Waals surface area contributed by atoms with Crippen molar-refractivity contribution in [3.63, 3.8) is 0 Å². The van der Waals surface area contributed by atoms with Gasteiger partial charge in [0.1, 0.15) is 16.9 Å². The standard InChI is InChI=1S/C20H18ClN7O3/c1-11-4-5-15(23-9-11)25-19(30)14(6-8-29)31-20-12-10-24-28-17(12)26-18(27-20)16-13(21)3-2-7-22-16/h2-5,7,9-10,14,29H,6,8H2,1H3,(H,23,25,30)(H,24,26,27,28)/t14-/m0/s1. The summed E-state index contributed by atoms with van der Waals surface area (Å²) in [7, 11) is 0. The number of anilines is 1. The van der Waals surface area contributed by atoms with Gasteiger partial charge in [0.05, 0.1) is 11.2 Å². The smallest absolute Gasteiger partial charge is 0.266 e. The van der Waals surface area contributed by atoms with Crippen LogP contribution >= 0.6 is 11.6 Å². The van der Waals surface area contributed by atoms with Crippen LogP contribution in [0.5, 0.6) is 5.88 Å². The molecule has 0 saturated heterocycles. The number of aliphatic hydroxyl groups excluding tert-OH is 1. The number of amides is 1. The average molecular weight is 440 g/mol. The molecule has 0 aliphatic carbocycles. The lowest BCUT2D eigenvalue weighted by molar-refractivity contribution is -0.123. The van der Waals surface area contributed by atoms with Crippen LogP contribution in [0.25, 0.3) is 22.6 Å². The first-order chi connectivity index (χ1) is 15.0. The Balaban J connectivity index is 1.66. The topological polar surface area (TPSA) is 139 Å². The van der Waals surface area contributed by atoms with Crippen molar-refractivity contribution in [1.82, 2.24) is 30.1 Å². The number of nitrogens with one attached hydrogen (secondary N) is 2. The van der Waals surface area contributed by atoms with Crippen LogP contribution in [0, 0.1) is 6.92 Å². The monoisotopic (exact) mass is 439 g/mol. The van der Waals surface area contributed by atoms with Gasteiger partial charge < -0.3 is 15.2 Å². The van der Waals surface area contributed by atoms with E-state index in [0.717, 1.165) is 5.56 Å². The number of H-pyrrole nitrogens is 1. The Labute approximate surface area is 181 Å². The van der Waals surface area contributed by atoms with E-state index in [-0.39, 0.29) is 24.7 Å². The third kappa shape index (κ3) is 4.60. The van der Waals surface area contributed by atoms with Crippen molar-refractivity contribution in [3.8, 4) is 17.4 Å². The zero-order chi connectivity index (χ0) is 21.8. The van der Waals surface area contributed by atoms with Gasteiger partial charge in [0.25, 0.3) is 5.91 Å². The molecule has 11 heteroatoms. The summed E-state index contributed by atoms with van der Waals surface area (Å²) in [4.78, 5) is 30.0. The molecule has 0 aliphatic heterocycles. The van der Waals surface area contributed by atoms with E-state index < -0.39 is 12.0 Å². The molecule has 0 fully saturated rings. The van der Waals surface area contributed by atoms with Gasteiger partial charge in [0.2, 0.25) is 5.88 Å². The minimum Gasteiger partial charge on any atom is -0.464 e. The molecule has 0 spiro atoms. The van der Waals surface area contributed by atoms with Crippen LogP contribution < -0.4 is 10.1 Å². The van der Waals surface area contributed by atoms with E-state index in [1.54, 1.807) is 30.6 Å². The second kappa shape index (κ2) is 9.02. The minimum atomic E-state index is -1.03. The molecule has 1 atom stereocenters. The maximum absolute atomic E-state index is 12.8. The van der Waals surface area contributed by atoms with Gasteiger partial charge in [0, 0.05) is 25.4 Å². The number of pyridine rings is 2. The van der Waals surface area contributed by atoms with Crippen molar-refractivity contribution >= 4 is 34.4 Å². The predicted molar refractivity (Wildman–Crippen MR) is 114 cm³/mol.